The Labute approximate surface area is 204 Å². The maximum atomic E-state index is 15.6. The number of aryl methyl sites for hydroxylation is 1. The minimum Gasteiger partial charge on any atom is -0.207 e. The summed E-state index contributed by atoms with van der Waals surface area (Å²) in [7, 11) is 0. The highest BCUT2D eigenvalue weighted by Crippen LogP contribution is 2.49. The van der Waals surface area contributed by atoms with Gasteiger partial charge in [-0.15, -0.1) is 6.58 Å². The van der Waals surface area contributed by atoms with Crippen LogP contribution in [0.3, 0.4) is 0 Å². The van der Waals surface area contributed by atoms with E-state index >= 15 is 8.78 Å². The second kappa shape index (κ2) is 11.8. The fourth-order valence-corrected chi connectivity index (χ4v) is 6.82. The van der Waals surface area contributed by atoms with Gasteiger partial charge in [-0.25, -0.2) is 13.2 Å². The van der Waals surface area contributed by atoms with Crippen LogP contribution in [0.1, 0.15) is 107 Å². The van der Waals surface area contributed by atoms with Crippen molar-refractivity contribution < 1.29 is 13.2 Å². The molecule has 2 unspecified atom stereocenters. The summed E-state index contributed by atoms with van der Waals surface area (Å²) in [6, 6.07) is 4.48. The molecule has 0 aromatic heterocycles. The Morgan fingerprint density at radius 3 is 2.44 bits per heavy atom. The molecular formula is C31H41F3. The lowest BCUT2D eigenvalue weighted by Gasteiger charge is -2.42. The van der Waals surface area contributed by atoms with E-state index in [-0.39, 0.29) is 16.9 Å². The van der Waals surface area contributed by atoms with Gasteiger partial charge in [-0.2, -0.15) is 0 Å². The molecule has 2 aliphatic rings. The number of hydrogen-bond acceptors (Lipinski definition) is 0. The fraction of sp³-hybridized carbons (Fsp3) is 0.613. The van der Waals surface area contributed by atoms with Gasteiger partial charge in [0.25, 0.3) is 0 Å². The first-order valence-corrected chi connectivity index (χ1v) is 13.7. The van der Waals surface area contributed by atoms with Gasteiger partial charge in [-0.05, 0) is 91.7 Å². The summed E-state index contributed by atoms with van der Waals surface area (Å²) in [6.45, 7) is 5.95. The molecule has 2 fully saturated rings. The maximum Gasteiger partial charge on any atom is 0.140 e. The molecule has 0 heterocycles. The van der Waals surface area contributed by atoms with Gasteiger partial charge in [0, 0.05) is 5.56 Å². The van der Waals surface area contributed by atoms with Crippen molar-refractivity contribution in [3.8, 4) is 0 Å². The minimum atomic E-state index is -0.674. The monoisotopic (exact) mass is 470 g/mol. The largest absolute Gasteiger partial charge is 0.207 e. The summed E-state index contributed by atoms with van der Waals surface area (Å²) >= 11 is 0. The van der Waals surface area contributed by atoms with Gasteiger partial charge in [-0.3, -0.25) is 0 Å². The van der Waals surface area contributed by atoms with Gasteiger partial charge in [0.1, 0.15) is 17.5 Å². The Morgan fingerprint density at radius 1 is 0.882 bits per heavy atom. The molecule has 0 spiro atoms. The van der Waals surface area contributed by atoms with Crippen LogP contribution in [0.4, 0.5) is 13.2 Å². The Hall–Kier alpha value is -1.77. The molecule has 0 N–H and O–H groups in total. The molecule has 0 bridgehead atoms. The molecule has 0 amide bonds. The molecule has 0 saturated heterocycles. The third-order valence-corrected chi connectivity index (χ3v) is 8.66. The van der Waals surface area contributed by atoms with Crippen molar-refractivity contribution in [1.29, 1.82) is 0 Å². The predicted octanol–water partition coefficient (Wildman–Crippen LogP) is 10.0. The lowest BCUT2D eigenvalue weighted by Crippen LogP contribution is -2.31. The molecule has 2 aromatic carbocycles. The van der Waals surface area contributed by atoms with Crippen LogP contribution in [0.2, 0.25) is 0 Å². The molecule has 186 valence electrons. The lowest BCUT2D eigenvalue weighted by atomic mass is 9.63. The number of unbranched alkanes of at least 4 members (excludes halogenated alkanes) is 4. The van der Waals surface area contributed by atoms with Gasteiger partial charge in [-0.1, -0.05) is 64.0 Å². The normalized spacial score (nSPS) is 24.8. The van der Waals surface area contributed by atoms with Crippen LogP contribution in [0.5, 0.6) is 0 Å². The van der Waals surface area contributed by atoms with Crippen LogP contribution >= 0.6 is 0 Å². The Kier molecular flexibility index (Phi) is 8.77. The average molecular weight is 471 g/mol. The highest BCUT2D eigenvalue weighted by molar-refractivity contribution is 5.85. The highest BCUT2D eigenvalue weighted by atomic mass is 19.1. The Balaban J connectivity index is 1.44. The summed E-state index contributed by atoms with van der Waals surface area (Å²) in [5.41, 5.74) is 0.876. The van der Waals surface area contributed by atoms with Crippen molar-refractivity contribution in [3.63, 3.8) is 0 Å². The number of allylic oxidation sites excluding steroid dienone is 1. The zero-order chi connectivity index (χ0) is 24.1. The molecule has 34 heavy (non-hydrogen) atoms. The summed E-state index contributed by atoms with van der Waals surface area (Å²) < 4.78 is 45.7. The molecule has 2 aromatic rings. The smallest absolute Gasteiger partial charge is 0.140 e. The van der Waals surface area contributed by atoms with E-state index in [2.05, 4.69) is 13.5 Å². The molecular weight excluding hydrogens is 429 g/mol. The third-order valence-electron chi connectivity index (χ3n) is 8.66. The second-order valence-corrected chi connectivity index (χ2v) is 11.0. The van der Waals surface area contributed by atoms with Crippen LogP contribution < -0.4 is 0 Å². The molecule has 2 saturated carbocycles. The molecule has 3 heteroatoms. The van der Waals surface area contributed by atoms with Gasteiger partial charge < -0.3 is 0 Å². The summed E-state index contributed by atoms with van der Waals surface area (Å²) in [4.78, 5) is 0. The fourth-order valence-electron chi connectivity index (χ4n) is 6.82. The van der Waals surface area contributed by atoms with E-state index in [0.29, 0.717) is 30.1 Å². The Bertz CT molecular complexity index is 979. The van der Waals surface area contributed by atoms with Crippen LogP contribution in [0.15, 0.2) is 30.9 Å². The first-order chi connectivity index (χ1) is 16.5. The third kappa shape index (κ3) is 5.71. The van der Waals surface area contributed by atoms with Gasteiger partial charge in [0.15, 0.2) is 0 Å². The summed E-state index contributed by atoms with van der Waals surface area (Å²) in [5.74, 6) is 0.177. The molecule has 0 radical (unpaired) electrons. The molecule has 0 nitrogen and oxygen atoms in total. The van der Waals surface area contributed by atoms with E-state index in [9.17, 15) is 4.39 Å². The standard InChI is InChI=1S/C31H41F3/c1-3-5-7-8-9-11-21-12-13-24-19-25(15-14-23(24)16-21)29-28(33)20-26-17-22(10-6-4-2)18-27(32)30(26)31(29)34/h4,17-18,20-21,23-25H,2-3,5-16,19H2,1H3/t21?,23-,24?,25-/m1/s1. The predicted molar refractivity (Wildman–Crippen MR) is 137 cm³/mol. The zero-order valence-corrected chi connectivity index (χ0v) is 20.9. The van der Waals surface area contributed by atoms with E-state index in [0.717, 1.165) is 30.7 Å². The summed E-state index contributed by atoms with van der Waals surface area (Å²) in [5, 5.41) is 0.276. The van der Waals surface area contributed by atoms with Crippen LogP contribution in [0, 0.1) is 35.2 Å². The summed E-state index contributed by atoms with van der Waals surface area (Å²) in [6.07, 6.45) is 17.5. The first-order valence-electron chi connectivity index (χ1n) is 13.7. The van der Waals surface area contributed by atoms with Crippen molar-refractivity contribution >= 4 is 10.8 Å². The SMILES string of the molecule is C=CCCc1cc(F)c2c(F)c([C@@H]3CC[C@@H]4CC(CCCCCCC)CCC4C3)c(F)cc2c1. The van der Waals surface area contributed by atoms with Crippen LogP contribution in [-0.2, 0) is 6.42 Å². The maximum absolute atomic E-state index is 15.6. The van der Waals surface area contributed by atoms with Crippen molar-refractivity contribution in [3.05, 3.63) is 59.4 Å². The minimum absolute atomic E-state index is 0.0485. The van der Waals surface area contributed by atoms with E-state index in [1.807, 2.05) is 0 Å². The number of halogens is 3. The van der Waals surface area contributed by atoms with E-state index in [1.54, 1.807) is 12.1 Å². The molecule has 4 rings (SSSR count). The van der Waals surface area contributed by atoms with Crippen LogP contribution in [0.25, 0.3) is 10.8 Å². The number of benzene rings is 2. The van der Waals surface area contributed by atoms with Crippen molar-refractivity contribution in [1.82, 2.24) is 0 Å². The van der Waals surface area contributed by atoms with Gasteiger partial charge in [0.05, 0.1) is 5.39 Å². The van der Waals surface area contributed by atoms with Crippen molar-refractivity contribution in [2.24, 2.45) is 17.8 Å². The molecule has 4 atom stereocenters. The van der Waals surface area contributed by atoms with E-state index in [4.69, 9.17) is 0 Å². The first kappa shape index (κ1) is 25.3. The lowest BCUT2D eigenvalue weighted by molar-refractivity contribution is 0.111. The quantitative estimate of drug-likeness (QED) is 0.239. The Morgan fingerprint density at radius 2 is 1.65 bits per heavy atom. The van der Waals surface area contributed by atoms with E-state index < -0.39 is 17.5 Å². The number of rotatable bonds is 10. The van der Waals surface area contributed by atoms with Gasteiger partial charge >= 0.3 is 0 Å². The average Bonchev–Trinajstić information content (AvgIpc) is 2.82. The highest BCUT2D eigenvalue weighted by Gasteiger charge is 2.37. The topological polar surface area (TPSA) is 0 Å². The number of fused-ring (bicyclic) bond motifs is 2. The van der Waals surface area contributed by atoms with Crippen molar-refractivity contribution in [2.45, 2.75) is 103 Å². The van der Waals surface area contributed by atoms with Crippen LogP contribution in [-0.4, -0.2) is 0 Å². The second-order valence-electron chi connectivity index (χ2n) is 11.0. The van der Waals surface area contributed by atoms with E-state index in [1.165, 1.54) is 69.9 Å². The zero-order valence-electron chi connectivity index (χ0n) is 20.9. The molecule has 2 aliphatic carbocycles. The van der Waals surface area contributed by atoms with Gasteiger partial charge in [0.2, 0.25) is 0 Å². The van der Waals surface area contributed by atoms with Crippen molar-refractivity contribution in [2.75, 3.05) is 0 Å². The molecule has 0 aliphatic heterocycles. The number of hydrogen-bond donors (Lipinski definition) is 0.